The highest BCUT2D eigenvalue weighted by Gasteiger charge is 2.10. The van der Waals surface area contributed by atoms with Crippen LogP contribution in [0.25, 0.3) is 0 Å². The molecule has 0 unspecified atom stereocenters. The maximum absolute atomic E-state index is 10.1. The van der Waals surface area contributed by atoms with E-state index in [0.29, 0.717) is 19.4 Å². The van der Waals surface area contributed by atoms with E-state index in [-0.39, 0.29) is 0 Å². The van der Waals surface area contributed by atoms with Crippen LogP contribution in [0.3, 0.4) is 0 Å². The van der Waals surface area contributed by atoms with Crippen LogP contribution < -0.4 is 16.6 Å². The number of aliphatic hydroxyl groups excluding tert-OH is 1. The summed E-state index contributed by atoms with van der Waals surface area (Å²) in [4.78, 5) is 10.1. The fourth-order valence-electron chi connectivity index (χ4n) is 0.656. The van der Waals surface area contributed by atoms with Crippen LogP contribution in [0.4, 0.5) is 0 Å². The first-order valence-corrected chi connectivity index (χ1v) is 3.59. The lowest BCUT2D eigenvalue weighted by Gasteiger charge is -2.10. The highest BCUT2D eigenvalue weighted by Crippen LogP contribution is 1.96. The van der Waals surface area contributed by atoms with E-state index in [2.05, 4.69) is 11.5 Å². The first-order valence-electron chi connectivity index (χ1n) is 3.59. The molecule has 0 bridgehead atoms. The smallest absolute Gasteiger partial charge is 0.125 e. The molecule has 0 heterocycles. The zero-order valence-corrected chi connectivity index (χ0v) is 6.45. The maximum Gasteiger partial charge on any atom is 0.125 e. The second-order valence-corrected chi connectivity index (χ2v) is 2.54. The van der Waals surface area contributed by atoms with Crippen molar-refractivity contribution in [2.24, 2.45) is 0 Å². The third kappa shape index (κ3) is 4.72. The van der Waals surface area contributed by atoms with Crippen LogP contribution in [0.1, 0.15) is 12.8 Å². The quantitative estimate of drug-likeness (QED) is 0.381. The Morgan fingerprint density at radius 1 is 1.55 bits per heavy atom. The number of aliphatic hydroxyl groups is 1. The summed E-state index contributed by atoms with van der Waals surface area (Å²) in [5.74, 6) is -1.17. The Morgan fingerprint density at radius 2 is 2.09 bits per heavy atom. The predicted octanol–water partition coefficient (Wildman–Crippen LogP) is -4.27. The second kappa shape index (κ2) is 5.06. The Kier molecular flexibility index (Phi) is 4.76. The summed E-state index contributed by atoms with van der Waals surface area (Å²) in [7, 11) is 0. The fraction of sp³-hybridized carbons (Fsp3) is 0.833. The van der Waals surface area contributed by atoms with Crippen LogP contribution in [0.15, 0.2) is 0 Å². The first-order chi connectivity index (χ1) is 5.07. The van der Waals surface area contributed by atoms with E-state index < -0.39 is 18.1 Å². The summed E-state index contributed by atoms with van der Waals surface area (Å²) in [6.07, 6.45) is 0.253. The largest absolute Gasteiger partial charge is 0.544 e. The Hall–Kier alpha value is -0.650. The summed E-state index contributed by atoms with van der Waals surface area (Å²) in [6.45, 7) is 0.403. The van der Waals surface area contributed by atoms with Gasteiger partial charge < -0.3 is 26.5 Å². The zero-order chi connectivity index (χ0) is 8.85. The van der Waals surface area contributed by atoms with Gasteiger partial charge in [-0.15, -0.1) is 0 Å². The Bertz CT molecular complexity index is 129. The van der Waals surface area contributed by atoms with E-state index in [0.717, 1.165) is 0 Å². The van der Waals surface area contributed by atoms with Gasteiger partial charge in [0, 0.05) is 6.42 Å². The van der Waals surface area contributed by atoms with E-state index >= 15 is 0 Å². The summed E-state index contributed by atoms with van der Waals surface area (Å²) in [6, 6.07) is -0.726. The minimum absolute atomic E-state index is 0.346. The molecule has 0 fully saturated rings. The van der Waals surface area contributed by atoms with Crippen LogP contribution in [0.2, 0.25) is 0 Å². The number of carboxylic acids is 1. The number of hydrogen-bond donors (Lipinski definition) is 3. The Labute approximate surface area is 65.0 Å². The molecule has 0 aromatic heterocycles. The van der Waals surface area contributed by atoms with Crippen molar-refractivity contribution in [1.82, 2.24) is 0 Å². The summed E-state index contributed by atoms with van der Waals surface area (Å²) < 4.78 is 0. The Morgan fingerprint density at radius 3 is 2.45 bits per heavy atom. The van der Waals surface area contributed by atoms with Crippen LogP contribution in [0, 0.1) is 0 Å². The van der Waals surface area contributed by atoms with Gasteiger partial charge in [0.2, 0.25) is 0 Å². The number of carboxylic acid groups (broad SMARTS) is 1. The van der Waals surface area contributed by atoms with Crippen molar-refractivity contribution in [2.75, 3.05) is 6.54 Å². The van der Waals surface area contributed by atoms with Gasteiger partial charge >= 0.3 is 0 Å². The molecule has 5 nitrogen and oxygen atoms in total. The molecule has 0 saturated carbocycles. The normalized spacial score (nSPS) is 15.9. The molecular weight excluding hydrogens is 148 g/mol. The molecule has 0 radical (unpaired) electrons. The lowest BCUT2D eigenvalue weighted by Crippen LogP contribution is -2.68. The number of carbonyl (C=O) groups excluding carboxylic acids is 1. The highest BCUT2D eigenvalue weighted by molar-refractivity contribution is 5.68. The lowest BCUT2D eigenvalue weighted by molar-refractivity contribution is -0.439. The molecule has 66 valence electrons. The average Bonchev–Trinajstić information content (AvgIpc) is 1.99. The van der Waals surface area contributed by atoms with Gasteiger partial charge in [0.25, 0.3) is 0 Å². The van der Waals surface area contributed by atoms with Crippen molar-refractivity contribution in [3.05, 3.63) is 0 Å². The van der Waals surface area contributed by atoms with E-state index in [4.69, 9.17) is 5.11 Å². The SMILES string of the molecule is [NH3+]C[C@@H](O)CC[C@H]([NH3+])C(=O)[O-]. The van der Waals surface area contributed by atoms with E-state index in [1.165, 1.54) is 0 Å². The molecule has 11 heavy (non-hydrogen) atoms. The van der Waals surface area contributed by atoms with Gasteiger partial charge in [-0.3, -0.25) is 0 Å². The molecule has 7 N–H and O–H groups in total. The summed E-state index contributed by atoms with van der Waals surface area (Å²) in [5, 5.41) is 19.1. The van der Waals surface area contributed by atoms with Crippen molar-refractivity contribution in [3.8, 4) is 0 Å². The first kappa shape index (κ1) is 10.3. The molecule has 2 atom stereocenters. The van der Waals surface area contributed by atoms with Crippen LogP contribution in [0.5, 0.6) is 0 Å². The molecule has 0 aromatic carbocycles. The van der Waals surface area contributed by atoms with Crippen molar-refractivity contribution in [1.29, 1.82) is 0 Å². The highest BCUT2D eigenvalue weighted by atomic mass is 16.4. The van der Waals surface area contributed by atoms with Gasteiger partial charge in [0.15, 0.2) is 0 Å². The summed E-state index contributed by atoms with van der Waals surface area (Å²) >= 11 is 0. The van der Waals surface area contributed by atoms with Crippen molar-refractivity contribution < 1.29 is 26.5 Å². The molecule has 0 rings (SSSR count). The maximum atomic E-state index is 10.1. The molecule has 0 aliphatic rings. The van der Waals surface area contributed by atoms with Crippen molar-refractivity contribution in [3.63, 3.8) is 0 Å². The lowest BCUT2D eigenvalue weighted by atomic mass is 10.1. The van der Waals surface area contributed by atoms with Crippen molar-refractivity contribution in [2.45, 2.75) is 25.0 Å². The molecular formula is C6H15N2O3+. The number of aliphatic carboxylic acids is 1. The molecule has 5 heteroatoms. The van der Waals surface area contributed by atoms with E-state index in [1.54, 1.807) is 0 Å². The van der Waals surface area contributed by atoms with E-state index in [9.17, 15) is 9.90 Å². The monoisotopic (exact) mass is 163 g/mol. The minimum atomic E-state index is -1.17. The topological polar surface area (TPSA) is 116 Å². The van der Waals surface area contributed by atoms with Gasteiger partial charge in [-0.05, 0) is 6.42 Å². The van der Waals surface area contributed by atoms with Gasteiger partial charge in [-0.1, -0.05) is 0 Å². The van der Waals surface area contributed by atoms with Gasteiger partial charge in [0.05, 0.1) is 5.97 Å². The molecule has 0 amide bonds. The standard InChI is InChI=1S/C6H14N2O3/c7-3-4(9)1-2-5(8)6(10)11/h4-5,9H,1-3,7-8H2,(H,10,11)/p+1/t4-,5-/m0/s1. The number of carbonyl (C=O) groups is 1. The second-order valence-electron chi connectivity index (χ2n) is 2.54. The molecule has 0 aliphatic carbocycles. The molecule has 0 spiro atoms. The fourth-order valence-corrected chi connectivity index (χ4v) is 0.656. The average molecular weight is 163 g/mol. The minimum Gasteiger partial charge on any atom is -0.544 e. The van der Waals surface area contributed by atoms with Crippen LogP contribution in [-0.4, -0.2) is 29.8 Å². The van der Waals surface area contributed by atoms with Gasteiger partial charge in [-0.25, -0.2) is 0 Å². The molecule has 0 aliphatic heterocycles. The third-order valence-corrected chi connectivity index (χ3v) is 1.51. The van der Waals surface area contributed by atoms with Gasteiger partial charge in [0.1, 0.15) is 18.7 Å². The van der Waals surface area contributed by atoms with Gasteiger partial charge in [-0.2, -0.15) is 0 Å². The van der Waals surface area contributed by atoms with E-state index in [1.807, 2.05) is 0 Å². The van der Waals surface area contributed by atoms with Crippen LogP contribution >= 0.6 is 0 Å². The zero-order valence-electron chi connectivity index (χ0n) is 6.45. The number of hydrogen-bond acceptors (Lipinski definition) is 3. The van der Waals surface area contributed by atoms with Crippen LogP contribution in [-0.2, 0) is 4.79 Å². The summed E-state index contributed by atoms with van der Waals surface area (Å²) in [5.41, 5.74) is 6.83. The van der Waals surface area contributed by atoms with Crippen molar-refractivity contribution >= 4 is 5.97 Å². The molecule has 0 aromatic rings. The molecule has 0 saturated heterocycles. The number of quaternary nitrogens is 2. The Balaban J connectivity index is 3.45. The predicted molar refractivity (Wildman–Crippen MR) is 34.7 cm³/mol. The third-order valence-electron chi connectivity index (χ3n) is 1.51. The number of rotatable bonds is 5.